The van der Waals surface area contributed by atoms with Gasteiger partial charge in [0.25, 0.3) is 0 Å². The molecule has 0 saturated heterocycles. The molecule has 15 heavy (non-hydrogen) atoms. The fourth-order valence-electron chi connectivity index (χ4n) is 1.43. The number of nitrogens with zero attached hydrogens (tertiary/aromatic N) is 1. The highest BCUT2D eigenvalue weighted by atomic mass is 16.5. The molecule has 0 aliphatic carbocycles. The first-order chi connectivity index (χ1) is 7.20. The third kappa shape index (κ3) is 2.67. The lowest BCUT2D eigenvalue weighted by Crippen LogP contribution is -2.00. The maximum Gasteiger partial charge on any atom is 0.235 e. The lowest BCUT2D eigenvalue weighted by molar-refractivity contribution is 0.334. The summed E-state index contributed by atoms with van der Waals surface area (Å²) in [7, 11) is 0. The number of hydrogen-bond donors (Lipinski definition) is 0. The van der Waals surface area contributed by atoms with E-state index in [1.165, 1.54) is 11.6 Å². The Bertz CT molecular complexity index is 393. The van der Waals surface area contributed by atoms with Crippen LogP contribution in [0.4, 0.5) is 0 Å². The molecule has 0 radical (unpaired) electrons. The summed E-state index contributed by atoms with van der Waals surface area (Å²) in [4.78, 5) is 13.6. The van der Waals surface area contributed by atoms with Crippen LogP contribution in [-0.4, -0.2) is 12.7 Å². The Kier molecular flexibility index (Phi) is 4.07. The van der Waals surface area contributed by atoms with Crippen LogP contribution in [0.2, 0.25) is 0 Å². The minimum Gasteiger partial charge on any atom is -0.493 e. The van der Waals surface area contributed by atoms with E-state index >= 15 is 0 Å². The molecule has 3 heteroatoms. The molecule has 1 rings (SSSR count). The molecule has 0 saturated carbocycles. The van der Waals surface area contributed by atoms with Crippen molar-refractivity contribution in [1.29, 1.82) is 0 Å². The van der Waals surface area contributed by atoms with Gasteiger partial charge in [0.15, 0.2) is 0 Å². The van der Waals surface area contributed by atoms with Crippen molar-refractivity contribution in [2.75, 3.05) is 6.61 Å². The molecule has 0 bridgehead atoms. The Morgan fingerprint density at radius 3 is 2.73 bits per heavy atom. The average Bonchev–Trinajstić information content (AvgIpc) is 2.24. The summed E-state index contributed by atoms with van der Waals surface area (Å²) in [5.74, 6) is 0.844. The maximum atomic E-state index is 10.1. The topological polar surface area (TPSA) is 38.7 Å². The molecular formula is C12H15NO2. The molecule has 0 N–H and O–H groups in total. The van der Waals surface area contributed by atoms with Gasteiger partial charge in [0, 0.05) is 5.56 Å². The van der Waals surface area contributed by atoms with Crippen LogP contribution < -0.4 is 4.74 Å². The second kappa shape index (κ2) is 5.32. The predicted octanol–water partition coefficient (Wildman–Crippen LogP) is 2.54. The van der Waals surface area contributed by atoms with Crippen molar-refractivity contribution in [3.05, 3.63) is 28.8 Å². The van der Waals surface area contributed by atoms with Gasteiger partial charge >= 0.3 is 0 Å². The van der Waals surface area contributed by atoms with Crippen molar-refractivity contribution < 1.29 is 9.53 Å². The molecule has 3 nitrogen and oxygen atoms in total. The van der Waals surface area contributed by atoms with E-state index in [1.807, 2.05) is 32.9 Å². The van der Waals surface area contributed by atoms with Crippen LogP contribution >= 0.6 is 0 Å². The van der Waals surface area contributed by atoms with E-state index in [-0.39, 0.29) is 0 Å². The molecule has 1 aromatic carbocycles. The molecule has 0 fully saturated rings. The fraction of sp³-hybridized carbons (Fsp3) is 0.417. The third-order valence-electron chi connectivity index (χ3n) is 2.36. The van der Waals surface area contributed by atoms with Crippen molar-refractivity contribution in [3.8, 4) is 5.75 Å². The van der Waals surface area contributed by atoms with Crippen LogP contribution in [0.15, 0.2) is 17.1 Å². The first-order valence-electron chi connectivity index (χ1n) is 4.96. The van der Waals surface area contributed by atoms with E-state index in [1.54, 1.807) is 0 Å². The Morgan fingerprint density at radius 2 is 2.13 bits per heavy atom. The van der Waals surface area contributed by atoms with Gasteiger partial charge < -0.3 is 4.74 Å². The summed E-state index contributed by atoms with van der Waals surface area (Å²) < 4.78 is 5.56. The highest BCUT2D eigenvalue weighted by molar-refractivity contribution is 5.46. The number of hydrogen-bond acceptors (Lipinski definition) is 3. The molecule has 0 aliphatic heterocycles. The summed E-state index contributed by atoms with van der Waals surface area (Å²) in [6.45, 7) is 6.93. The molecule has 0 spiro atoms. The van der Waals surface area contributed by atoms with E-state index < -0.39 is 0 Å². The van der Waals surface area contributed by atoms with Crippen LogP contribution in [-0.2, 0) is 11.3 Å². The Labute approximate surface area is 89.8 Å². The van der Waals surface area contributed by atoms with E-state index in [9.17, 15) is 4.79 Å². The van der Waals surface area contributed by atoms with Gasteiger partial charge in [-0.15, -0.1) is 0 Å². The largest absolute Gasteiger partial charge is 0.493 e. The average molecular weight is 205 g/mol. The van der Waals surface area contributed by atoms with E-state index in [4.69, 9.17) is 4.74 Å². The first kappa shape index (κ1) is 11.5. The van der Waals surface area contributed by atoms with Gasteiger partial charge in [0.05, 0.1) is 13.2 Å². The number of aryl methyl sites for hydroxylation is 1. The number of carbonyl (C=O) groups excluding carboxylic acids is 1. The van der Waals surface area contributed by atoms with Gasteiger partial charge in [-0.1, -0.05) is 12.1 Å². The predicted molar refractivity (Wildman–Crippen MR) is 58.9 cm³/mol. The highest BCUT2D eigenvalue weighted by Crippen LogP contribution is 2.27. The zero-order valence-corrected chi connectivity index (χ0v) is 9.33. The Hall–Kier alpha value is -1.60. The molecular weight excluding hydrogens is 190 g/mol. The number of rotatable bonds is 4. The summed E-state index contributed by atoms with van der Waals surface area (Å²) >= 11 is 0. The normalized spacial score (nSPS) is 9.53. The second-order valence-corrected chi connectivity index (χ2v) is 3.34. The standard InChI is InChI=1S/C12H15NO2/c1-4-15-12-10(3)9(2)5-6-11(12)7-13-8-14/h5-6H,4,7H2,1-3H3. The molecule has 0 unspecified atom stereocenters. The molecule has 0 aliphatic rings. The second-order valence-electron chi connectivity index (χ2n) is 3.34. The zero-order chi connectivity index (χ0) is 11.3. The summed E-state index contributed by atoms with van der Waals surface area (Å²) in [6, 6.07) is 3.95. The maximum absolute atomic E-state index is 10.1. The van der Waals surface area contributed by atoms with Gasteiger partial charge in [-0.3, -0.25) is 0 Å². The SMILES string of the molecule is CCOc1c(CN=C=O)ccc(C)c1C. The van der Waals surface area contributed by atoms with Gasteiger partial charge in [0.2, 0.25) is 6.08 Å². The van der Waals surface area contributed by atoms with Crippen LogP contribution in [0.5, 0.6) is 5.75 Å². The van der Waals surface area contributed by atoms with Crippen LogP contribution in [0.1, 0.15) is 23.6 Å². The number of isocyanates is 1. The van der Waals surface area contributed by atoms with Crippen molar-refractivity contribution in [1.82, 2.24) is 0 Å². The van der Waals surface area contributed by atoms with Gasteiger partial charge in [-0.2, -0.15) is 0 Å². The number of aliphatic imine (C=N–C) groups is 1. The lowest BCUT2D eigenvalue weighted by atomic mass is 10.0. The van der Waals surface area contributed by atoms with Crippen LogP contribution in [0, 0.1) is 13.8 Å². The van der Waals surface area contributed by atoms with Gasteiger partial charge in [-0.25, -0.2) is 9.79 Å². The lowest BCUT2D eigenvalue weighted by Gasteiger charge is -2.13. The third-order valence-corrected chi connectivity index (χ3v) is 2.36. The molecule has 0 heterocycles. The highest BCUT2D eigenvalue weighted by Gasteiger charge is 2.08. The van der Waals surface area contributed by atoms with Crippen molar-refractivity contribution in [2.24, 2.45) is 4.99 Å². The summed E-state index contributed by atoms with van der Waals surface area (Å²) in [5, 5.41) is 0. The first-order valence-corrected chi connectivity index (χ1v) is 4.96. The van der Waals surface area contributed by atoms with Crippen molar-refractivity contribution in [3.63, 3.8) is 0 Å². The van der Waals surface area contributed by atoms with E-state index in [0.717, 1.165) is 16.9 Å². The van der Waals surface area contributed by atoms with Crippen LogP contribution in [0.25, 0.3) is 0 Å². The van der Waals surface area contributed by atoms with Crippen molar-refractivity contribution in [2.45, 2.75) is 27.3 Å². The fourth-order valence-corrected chi connectivity index (χ4v) is 1.43. The monoisotopic (exact) mass is 205 g/mol. The Morgan fingerprint density at radius 1 is 1.40 bits per heavy atom. The van der Waals surface area contributed by atoms with Gasteiger partial charge in [0.1, 0.15) is 5.75 Å². The quantitative estimate of drug-likeness (QED) is 0.559. The zero-order valence-electron chi connectivity index (χ0n) is 9.33. The molecule has 0 amide bonds. The molecule has 0 aromatic heterocycles. The molecule has 1 aromatic rings. The summed E-state index contributed by atoms with van der Waals surface area (Å²) in [6.07, 6.45) is 1.54. The molecule has 80 valence electrons. The van der Waals surface area contributed by atoms with Crippen molar-refractivity contribution >= 4 is 6.08 Å². The van der Waals surface area contributed by atoms with E-state index in [0.29, 0.717) is 13.2 Å². The Balaban J connectivity index is 3.13. The smallest absolute Gasteiger partial charge is 0.235 e. The molecule has 0 atom stereocenters. The number of ether oxygens (including phenoxy) is 1. The summed E-state index contributed by atoms with van der Waals surface area (Å²) in [5.41, 5.74) is 3.22. The minimum absolute atomic E-state index is 0.333. The van der Waals surface area contributed by atoms with Crippen LogP contribution in [0.3, 0.4) is 0 Å². The van der Waals surface area contributed by atoms with E-state index in [2.05, 4.69) is 4.99 Å². The minimum atomic E-state index is 0.333. The van der Waals surface area contributed by atoms with Gasteiger partial charge in [-0.05, 0) is 31.9 Å². The number of benzene rings is 1.